The minimum Gasteiger partial charge on any atom is -0.320 e. The van der Waals surface area contributed by atoms with E-state index in [1.54, 1.807) is 0 Å². The molecule has 0 radical (unpaired) electrons. The molecule has 3 aromatic rings. The molecule has 0 aliphatic carbocycles. The average molecular weight is 322 g/mol. The lowest BCUT2D eigenvalue weighted by Gasteiger charge is -2.23. The van der Waals surface area contributed by atoms with E-state index >= 15 is 0 Å². The fraction of sp³-hybridized carbons (Fsp3) is 0.300. The molecule has 0 unspecified atom stereocenters. The number of likely N-dealkylation sites (N-methyl/N-ethyl adjacent to an activating group) is 1. The van der Waals surface area contributed by atoms with Crippen LogP contribution >= 0.6 is 11.3 Å². The highest BCUT2D eigenvalue weighted by atomic mass is 32.1. The Balaban J connectivity index is 1.94. The van der Waals surface area contributed by atoms with Gasteiger partial charge in [0.25, 0.3) is 0 Å². The number of nitrogens with zero attached hydrogens (tertiary/aromatic N) is 2. The summed E-state index contributed by atoms with van der Waals surface area (Å²) in [4.78, 5) is 3.77. The smallest absolute Gasteiger partial charge is 0.0529 e. The van der Waals surface area contributed by atoms with Crippen LogP contribution in [0, 0.1) is 6.92 Å². The van der Waals surface area contributed by atoms with Crippen molar-refractivity contribution >= 4 is 34.0 Å². The summed E-state index contributed by atoms with van der Waals surface area (Å²) >= 11 is 1.81. The summed E-state index contributed by atoms with van der Waals surface area (Å²) < 4.78 is 2.44. The third kappa shape index (κ3) is 2.54. The molecule has 0 atom stereocenters. The van der Waals surface area contributed by atoms with Gasteiger partial charge in [0.2, 0.25) is 0 Å². The summed E-state index contributed by atoms with van der Waals surface area (Å²) in [6, 6.07) is 11.2. The van der Waals surface area contributed by atoms with Gasteiger partial charge >= 0.3 is 0 Å². The fourth-order valence-electron chi connectivity index (χ4n) is 3.55. The molecule has 0 bridgehead atoms. The van der Waals surface area contributed by atoms with Gasteiger partial charge in [0.05, 0.1) is 5.52 Å². The van der Waals surface area contributed by atoms with Crippen molar-refractivity contribution in [2.75, 3.05) is 13.6 Å². The quantitative estimate of drug-likeness (QED) is 0.643. The van der Waals surface area contributed by atoms with Crippen molar-refractivity contribution in [2.45, 2.75) is 26.8 Å². The second-order valence-corrected chi connectivity index (χ2v) is 7.54. The van der Waals surface area contributed by atoms with E-state index in [0.717, 1.165) is 19.5 Å². The minimum absolute atomic E-state index is 1.05. The van der Waals surface area contributed by atoms with Gasteiger partial charge in [0, 0.05) is 41.7 Å². The lowest BCUT2D eigenvalue weighted by molar-refractivity contribution is 0.312. The minimum atomic E-state index is 1.05. The maximum absolute atomic E-state index is 2.44. The zero-order valence-electron chi connectivity index (χ0n) is 14.0. The van der Waals surface area contributed by atoms with E-state index in [2.05, 4.69) is 72.3 Å². The van der Waals surface area contributed by atoms with Gasteiger partial charge in [-0.15, -0.1) is 11.3 Å². The van der Waals surface area contributed by atoms with Crippen molar-refractivity contribution in [1.29, 1.82) is 0 Å². The molecule has 3 heterocycles. The van der Waals surface area contributed by atoms with E-state index in [9.17, 15) is 0 Å². The van der Waals surface area contributed by atoms with Gasteiger partial charge < -0.3 is 9.47 Å². The van der Waals surface area contributed by atoms with Crippen LogP contribution in [0.2, 0.25) is 0 Å². The van der Waals surface area contributed by atoms with Crippen LogP contribution in [0.1, 0.15) is 28.6 Å². The number of rotatable bonds is 2. The fourth-order valence-corrected chi connectivity index (χ4v) is 4.25. The molecule has 1 aromatic carbocycles. The van der Waals surface area contributed by atoms with Gasteiger partial charge in [-0.3, -0.25) is 0 Å². The molecule has 118 valence electrons. The Morgan fingerprint density at radius 1 is 1.26 bits per heavy atom. The lowest BCUT2D eigenvalue weighted by Crippen LogP contribution is -2.26. The predicted octanol–water partition coefficient (Wildman–Crippen LogP) is 5.02. The third-order valence-electron chi connectivity index (χ3n) is 4.77. The van der Waals surface area contributed by atoms with Gasteiger partial charge in [-0.25, -0.2) is 0 Å². The number of aryl methyl sites for hydroxylation is 1. The topological polar surface area (TPSA) is 8.17 Å². The standard InChI is InChI=1S/C20H22N2S/c1-14-6-7-18-16(11-14)17-13-21(3)9-8-19(17)22(18)12-15(2)20-5-4-10-23-20/h4-7,10-12H,8-9,13H2,1-3H3. The first-order chi connectivity index (χ1) is 11.1. The highest BCUT2D eigenvalue weighted by Gasteiger charge is 2.21. The Labute approximate surface area is 141 Å². The van der Waals surface area contributed by atoms with Crippen LogP contribution < -0.4 is 0 Å². The second kappa shape index (κ2) is 5.66. The summed E-state index contributed by atoms with van der Waals surface area (Å²) in [5, 5.41) is 3.57. The highest BCUT2D eigenvalue weighted by molar-refractivity contribution is 7.11. The number of benzene rings is 1. The summed E-state index contributed by atoms with van der Waals surface area (Å²) in [6.07, 6.45) is 3.45. The molecule has 0 saturated carbocycles. The molecule has 0 saturated heterocycles. The molecule has 0 spiro atoms. The SMILES string of the molecule is CC(=Cn1c2c(c3cc(C)ccc31)CN(C)CC2)c1cccs1. The molecule has 4 rings (SSSR count). The molecule has 3 heteroatoms. The molecular formula is C20H22N2S. The van der Waals surface area contributed by atoms with Crippen LogP contribution in [0.25, 0.3) is 22.7 Å². The average Bonchev–Trinajstić information content (AvgIpc) is 3.15. The van der Waals surface area contributed by atoms with Crippen molar-refractivity contribution < 1.29 is 0 Å². The molecule has 0 fully saturated rings. The van der Waals surface area contributed by atoms with Gasteiger partial charge in [-0.1, -0.05) is 17.7 Å². The molecule has 2 nitrogen and oxygen atoms in total. The summed E-state index contributed by atoms with van der Waals surface area (Å²) in [6.45, 7) is 6.58. The molecule has 0 amide bonds. The van der Waals surface area contributed by atoms with Gasteiger partial charge in [-0.05, 0) is 55.6 Å². The Morgan fingerprint density at radius 3 is 2.91 bits per heavy atom. The Bertz CT molecular complexity index is 884. The van der Waals surface area contributed by atoms with Crippen LogP contribution in [0.4, 0.5) is 0 Å². The van der Waals surface area contributed by atoms with E-state index in [-0.39, 0.29) is 0 Å². The number of hydrogen-bond acceptors (Lipinski definition) is 2. The maximum Gasteiger partial charge on any atom is 0.0529 e. The molecule has 1 aliphatic heterocycles. The summed E-state index contributed by atoms with van der Waals surface area (Å²) in [5.41, 5.74) is 7.00. The lowest BCUT2D eigenvalue weighted by atomic mass is 10.0. The molecule has 2 aromatic heterocycles. The second-order valence-electron chi connectivity index (χ2n) is 6.59. The van der Waals surface area contributed by atoms with E-state index in [4.69, 9.17) is 0 Å². The number of aromatic nitrogens is 1. The summed E-state index contributed by atoms with van der Waals surface area (Å²) in [7, 11) is 2.22. The van der Waals surface area contributed by atoms with Crippen LogP contribution in [-0.2, 0) is 13.0 Å². The Hall–Kier alpha value is -1.84. The van der Waals surface area contributed by atoms with Crippen molar-refractivity contribution in [1.82, 2.24) is 9.47 Å². The van der Waals surface area contributed by atoms with E-state index in [1.165, 1.54) is 38.2 Å². The Morgan fingerprint density at radius 2 is 2.13 bits per heavy atom. The van der Waals surface area contributed by atoms with Gasteiger partial charge in [0.15, 0.2) is 0 Å². The number of fused-ring (bicyclic) bond motifs is 3. The van der Waals surface area contributed by atoms with Crippen molar-refractivity contribution in [3.8, 4) is 0 Å². The largest absolute Gasteiger partial charge is 0.320 e. The number of hydrogen-bond donors (Lipinski definition) is 0. The number of thiophene rings is 1. The molecular weight excluding hydrogens is 300 g/mol. The zero-order valence-corrected chi connectivity index (χ0v) is 14.8. The van der Waals surface area contributed by atoms with Crippen LogP contribution in [-0.4, -0.2) is 23.1 Å². The van der Waals surface area contributed by atoms with Gasteiger partial charge in [-0.2, -0.15) is 0 Å². The highest BCUT2D eigenvalue weighted by Crippen LogP contribution is 2.33. The predicted molar refractivity (Wildman–Crippen MR) is 101 cm³/mol. The number of allylic oxidation sites excluding steroid dienone is 1. The van der Waals surface area contributed by atoms with E-state index in [0.29, 0.717) is 0 Å². The monoisotopic (exact) mass is 322 g/mol. The first-order valence-corrected chi connectivity index (χ1v) is 9.04. The van der Waals surface area contributed by atoms with Crippen molar-refractivity contribution in [3.05, 3.63) is 57.4 Å². The first-order valence-electron chi connectivity index (χ1n) is 8.16. The zero-order chi connectivity index (χ0) is 16.0. The third-order valence-corrected chi connectivity index (χ3v) is 5.77. The van der Waals surface area contributed by atoms with Gasteiger partial charge in [0.1, 0.15) is 0 Å². The van der Waals surface area contributed by atoms with Crippen molar-refractivity contribution in [3.63, 3.8) is 0 Å². The van der Waals surface area contributed by atoms with Crippen LogP contribution in [0.15, 0.2) is 35.7 Å². The normalized spacial score (nSPS) is 16.0. The molecule has 23 heavy (non-hydrogen) atoms. The van der Waals surface area contributed by atoms with Crippen LogP contribution in [0.3, 0.4) is 0 Å². The first kappa shape index (κ1) is 14.7. The molecule has 0 N–H and O–H groups in total. The van der Waals surface area contributed by atoms with E-state index < -0.39 is 0 Å². The molecule has 1 aliphatic rings. The maximum atomic E-state index is 2.44. The van der Waals surface area contributed by atoms with Crippen molar-refractivity contribution in [2.24, 2.45) is 0 Å². The Kier molecular flexibility index (Phi) is 3.63. The summed E-state index contributed by atoms with van der Waals surface area (Å²) in [5.74, 6) is 0. The van der Waals surface area contributed by atoms with Crippen LogP contribution in [0.5, 0.6) is 0 Å². The van der Waals surface area contributed by atoms with E-state index in [1.807, 2.05) is 11.3 Å².